The van der Waals surface area contributed by atoms with E-state index in [-0.39, 0.29) is 12.8 Å². The number of hydrogen-bond acceptors (Lipinski definition) is 4. The maximum Gasteiger partial charge on any atom is 0.303 e. The molecule has 0 aliphatic rings. The van der Waals surface area contributed by atoms with Crippen LogP contribution in [-0.2, 0) is 19.4 Å². The van der Waals surface area contributed by atoms with E-state index in [0.29, 0.717) is 11.5 Å². The third kappa shape index (κ3) is 23.3. The van der Waals surface area contributed by atoms with Crippen molar-refractivity contribution in [2.75, 3.05) is 11.5 Å². The summed E-state index contributed by atoms with van der Waals surface area (Å²) in [4.78, 5) is 19.3. The van der Waals surface area contributed by atoms with Gasteiger partial charge >= 0.3 is 11.9 Å². The molecular weight excluding hydrogens is 320 g/mol. The van der Waals surface area contributed by atoms with Gasteiger partial charge < -0.3 is 10.2 Å². The fourth-order valence-electron chi connectivity index (χ4n) is 1.81. The second kappa shape index (κ2) is 15.8. The van der Waals surface area contributed by atoms with Gasteiger partial charge in [0, 0.05) is 0 Å². The number of hydrogen-bond donors (Lipinski definition) is 2. The number of carbonyl (C=O) groups is 2. The predicted molar refractivity (Wildman–Crippen MR) is 91.4 cm³/mol. The molecule has 0 atom stereocenters. The Kier molecular flexibility index (Phi) is 16.6. The molecule has 0 bridgehead atoms. The molecule has 23 heavy (non-hydrogen) atoms. The van der Waals surface area contributed by atoms with Crippen LogP contribution < -0.4 is 0 Å². The van der Waals surface area contributed by atoms with E-state index in [0.717, 1.165) is 51.4 Å². The highest BCUT2D eigenvalue weighted by Gasteiger charge is 2.09. The Morgan fingerprint density at radius 3 is 1.30 bits per heavy atom. The van der Waals surface area contributed by atoms with Gasteiger partial charge in [-0.1, -0.05) is 52.4 Å². The van der Waals surface area contributed by atoms with Gasteiger partial charge in [-0.3, -0.25) is 9.59 Å². The SMILES string of the molecule is CCCCCCS(=O)(=O)CCCCCC.O=C(O)CCC(=O)O. The lowest BCUT2D eigenvalue weighted by atomic mass is 10.2. The molecular formula is C16H32O6S. The molecule has 0 aromatic rings. The smallest absolute Gasteiger partial charge is 0.303 e. The molecule has 0 aromatic carbocycles. The zero-order valence-corrected chi connectivity index (χ0v) is 15.2. The molecule has 0 aliphatic carbocycles. The van der Waals surface area contributed by atoms with Gasteiger partial charge in [0.1, 0.15) is 9.84 Å². The molecule has 0 spiro atoms. The molecule has 0 aromatic heterocycles. The van der Waals surface area contributed by atoms with Crippen LogP contribution in [0.2, 0.25) is 0 Å². The summed E-state index contributed by atoms with van der Waals surface area (Å²) in [6.07, 6.45) is 7.87. The Hall–Kier alpha value is -1.11. The van der Waals surface area contributed by atoms with Crippen LogP contribution in [0.1, 0.15) is 78.1 Å². The first kappa shape index (κ1) is 24.1. The van der Waals surface area contributed by atoms with E-state index in [9.17, 15) is 18.0 Å². The van der Waals surface area contributed by atoms with Gasteiger partial charge in [0.05, 0.1) is 24.3 Å². The fraction of sp³-hybridized carbons (Fsp3) is 0.875. The summed E-state index contributed by atoms with van der Waals surface area (Å²) in [6, 6.07) is 0. The maximum absolute atomic E-state index is 11.6. The molecule has 0 saturated heterocycles. The van der Waals surface area contributed by atoms with Crippen molar-refractivity contribution < 1.29 is 28.2 Å². The van der Waals surface area contributed by atoms with Crippen molar-refractivity contribution in [2.24, 2.45) is 0 Å². The summed E-state index contributed by atoms with van der Waals surface area (Å²) in [5.74, 6) is -1.35. The summed E-state index contributed by atoms with van der Waals surface area (Å²) < 4.78 is 23.1. The van der Waals surface area contributed by atoms with Crippen LogP contribution >= 0.6 is 0 Å². The second-order valence-corrected chi connectivity index (χ2v) is 7.86. The van der Waals surface area contributed by atoms with E-state index in [1.807, 2.05) is 0 Å². The molecule has 0 saturated carbocycles. The Morgan fingerprint density at radius 1 is 0.696 bits per heavy atom. The van der Waals surface area contributed by atoms with Crippen LogP contribution in [0.25, 0.3) is 0 Å². The number of carboxylic acid groups (broad SMARTS) is 2. The van der Waals surface area contributed by atoms with Gasteiger partial charge in [0.15, 0.2) is 0 Å². The van der Waals surface area contributed by atoms with E-state index < -0.39 is 21.8 Å². The minimum absolute atomic E-state index is 0.296. The van der Waals surface area contributed by atoms with Gasteiger partial charge in [-0.25, -0.2) is 8.42 Å². The quantitative estimate of drug-likeness (QED) is 0.491. The van der Waals surface area contributed by atoms with Crippen molar-refractivity contribution in [3.8, 4) is 0 Å². The number of sulfone groups is 1. The number of carboxylic acids is 2. The third-order valence-corrected chi connectivity index (χ3v) is 4.99. The first-order valence-corrected chi connectivity index (χ1v) is 10.2. The zero-order valence-electron chi connectivity index (χ0n) is 14.4. The summed E-state index contributed by atoms with van der Waals surface area (Å²) in [7, 11) is -2.74. The molecule has 2 N–H and O–H groups in total. The molecule has 0 radical (unpaired) electrons. The second-order valence-electron chi connectivity index (χ2n) is 5.56. The monoisotopic (exact) mass is 352 g/mol. The number of unbranched alkanes of at least 4 members (excludes halogenated alkanes) is 6. The minimum Gasteiger partial charge on any atom is -0.481 e. The largest absolute Gasteiger partial charge is 0.481 e. The lowest BCUT2D eigenvalue weighted by Crippen LogP contribution is -2.11. The van der Waals surface area contributed by atoms with Crippen molar-refractivity contribution in [1.82, 2.24) is 0 Å². The molecule has 0 rings (SSSR count). The average molecular weight is 352 g/mol. The highest BCUT2D eigenvalue weighted by atomic mass is 32.2. The third-order valence-electron chi connectivity index (χ3n) is 3.17. The van der Waals surface area contributed by atoms with Crippen molar-refractivity contribution in [3.05, 3.63) is 0 Å². The summed E-state index contributed by atoms with van der Waals surface area (Å²) in [6.45, 7) is 4.28. The average Bonchev–Trinajstić information content (AvgIpc) is 2.47. The minimum atomic E-state index is -2.74. The number of aliphatic carboxylic acids is 2. The molecule has 0 fully saturated rings. The van der Waals surface area contributed by atoms with E-state index in [1.165, 1.54) is 0 Å². The first-order chi connectivity index (χ1) is 10.7. The molecule has 0 unspecified atom stereocenters. The predicted octanol–water partition coefficient (Wildman–Crippen LogP) is 3.50. The summed E-state index contributed by atoms with van der Waals surface area (Å²) in [5.41, 5.74) is 0. The summed E-state index contributed by atoms with van der Waals surface area (Å²) >= 11 is 0. The standard InChI is InChI=1S/C12H26O2S.C4H6O4/c1-3-5-7-9-11-15(13,14)12-10-8-6-4-2;5-3(6)1-2-4(7)8/h3-12H2,1-2H3;1-2H2,(H,5,6)(H,7,8). The maximum atomic E-state index is 11.6. The van der Waals surface area contributed by atoms with Crippen molar-refractivity contribution in [3.63, 3.8) is 0 Å². The van der Waals surface area contributed by atoms with Crippen molar-refractivity contribution in [1.29, 1.82) is 0 Å². The molecule has 138 valence electrons. The molecule has 0 aliphatic heterocycles. The molecule has 6 nitrogen and oxygen atoms in total. The Balaban J connectivity index is 0. The molecule has 7 heteroatoms. The molecule has 0 heterocycles. The normalized spacial score (nSPS) is 10.7. The zero-order chi connectivity index (χ0) is 18.1. The van der Waals surface area contributed by atoms with Crippen molar-refractivity contribution in [2.45, 2.75) is 78.1 Å². The van der Waals surface area contributed by atoms with Gasteiger partial charge in [-0.2, -0.15) is 0 Å². The molecule has 0 amide bonds. The lowest BCUT2D eigenvalue weighted by Gasteiger charge is -2.03. The first-order valence-electron chi connectivity index (χ1n) is 8.39. The van der Waals surface area contributed by atoms with E-state index >= 15 is 0 Å². The lowest BCUT2D eigenvalue weighted by molar-refractivity contribution is -0.143. The van der Waals surface area contributed by atoms with Crippen LogP contribution in [-0.4, -0.2) is 42.1 Å². The fourth-order valence-corrected chi connectivity index (χ4v) is 3.31. The van der Waals surface area contributed by atoms with Crippen LogP contribution in [0.3, 0.4) is 0 Å². The summed E-state index contributed by atoms with van der Waals surface area (Å²) in [5, 5.41) is 15.8. The van der Waals surface area contributed by atoms with Crippen LogP contribution in [0, 0.1) is 0 Å². The number of rotatable bonds is 13. The Labute approximate surface area is 140 Å². The van der Waals surface area contributed by atoms with Gasteiger partial charge in [0.2, 0.25) is 0 Å². The van der Waals surface area contributed by atoms with Crippen LogP contribution in [0.5, 0.6) is 0 Å². The Morgan fingerprint density at radius 2 is 1.04 bits per heavy atom. The van der Waals surface area contributed by atoms with Gasteiger partial charge in [-0.05, 0) is 12.8 Å². The van der Waals surface area contributed by atoms with E-state index in [1.54, 1.807) is 0 Å². The van der Waals surface area contributed by atoms with Crippen molar-refractivity contribution >= 4 is 21.8 Å². The van der Waals surface area contributed by atoms with Gasteiger partial charge in [-0.15, -0.1) is 0 Å². The van der Waals surface area contributed by atoms with Crippen LogP contribution in [0.15, 0.2) is 0 Å². The van der Waals surface area contributed by atoms with E-state index in [2.05, 4.69) is 13.8 Å². The van der Waals surface area contributed by atoms with Crippen LogP contribution in [0.4, 0.5) is 0 Å². The topological polar surface area (TPSA) is 109 Å². The Bertz CT molecular complexity index is 371. The van der Waals surface area contributed by atoms with E-state index in [4.69, 9.17) is 10.2 Å². The van der Waals surface area contributed by atoms with Gasteiger partial charge in [0.25, 0.3) is 0 Å². The highest BCUT2D eigenvalue weighted by Crippen LogP contribution is 2.06. The highest BCUT2D eigenvalue weighted by molar-refractivity contribution is 7.91.